The van der Waals surface area contributed by atoms with Crippen LogP contribution >= 0.6 is 0 Å². The van der Waals surface area contributed by atoms with Gasteiger partial charge in [-0.05, 0) is 12.1 Å². The van der Waals surface area contributed by atoms with E-state index >= 15 is 0 Å². The van der Waals surface area contributed by atoms with Crippen molar-refractivity contribution in [2.45, 2.75) is 18.9 Å². The first-order valence-corrected chi connectivity index (χ1v) is 5.52. The molecule has 1 unspecified atom stereocenters. The Kier molecular flexibility index (Phi) is 3.45. The Bertz CT molecular complexity index is 477. The number of ether oxygens (including phenoxy) is 1. The number of aliphatic carboxylic acids is 1. The molecule has 1 saturated heterocycles. The number of nitrogens with zero attached hydrogens (tertiary/aromatic N) is 1. The van der Waals surface area contributed by atoms with Gasteiger partial charge in [0, 0.05) is 13.0 Å². The van der Waals surface area contributed by atoms with Gasteiger partial charge in [0.05, 0.1) is 12.1 Å². The molecule has 0 radical (unpaired) electrons. The Morgan fingerprint density at radius 3 is 2.83 bits per heavy atom. The molecule has 1 fully saturated rings. The van der Waals surface area contributed by atoms with E-state index in [0.29, 0.717) is 6.42 Å². The minimum Gasteiger partial charge on any atom is -0.481 e. The molecule has 0 bridgehead atoms. The van der Waals surface area contributed by atoms with Crippen LogP contribution in [0.1, 0.15) is 12.8 Å². The Morgan fingerprint density at radius 1 is 1.50 bits per heavy atom. The van der Waals surface area contributed by atoms with Gasteiger partial charge in [-0.1, -0.05) is 12.1 Å². The third kappa shape index (κ3) is 2.58. The smallest absolute Gasteiger partial charge is 0.414 e. The maximum absolute atomic E-state index is 13.5. The molecule has 1 N–H and O–H groups in total. The number of benzene rings is 1. The highest BCUT2D eigenvalue weighted by Crippen LogP contribution is 2.24. The second-order valence-corrected chi connectivity index (χ2v) is 4.00. The fourth-order valence-electron chi connectivity index (χ4n) is 1.86. The number of hydrogen-bond donors (Lipinski definition) is 1. The van der Waals surface area contributed by atoms with Gasteiger partial charge in [-0.2, -0.15) is 0 Å². The van der Waals surface area contributed by atoms with Crippen molar-refractivity contribution in [2.75, 3.05) is 11.4 Å². The van der Waals surface area contributed by atoms with Crippen LogP contribution in [-0.4, -0.2) is 29.8 Å². The predicted molar refractivity (Wildman–Crippen MR) is 60.9 cm³/mol. The van der Waals surface area contributed by atoms with E-state index in [-0.39, 0.29) is 18.7 Å². The summed E-state index contributed by atoms with van der Waals surface area (Å²) in [5.74, 6) is -1.53. The SMILES string of the molecule is O=C(O)CC1CCN(c2ccccc2F)C(=O)O1. The van der Waals surface area contributed by atoms with Crippen molar-refractivity contribution in [1.29, 1.82) is 0 Å². The summed E-state index contributed by atoms with van der Waals surface area (Å²) in [6.45, 7) is 0.248. The van der Waals surface area contributed by atoms with Gasteiger partial charge in [0.1, 0.15) is 11.9 Å². The van der Waals surface area contributed by atoms with E-state index in [0.717, 1.165) is 0 Å². The van der Waals surface area contributed by atoms with Crippen LogP contribution in [0.3, 0.4) is 0 Å². The number of cyclic esters (lactones) is 1. The second kappa shape index (κ2) is 5.03. The van der Waals surface area contributed by atoms with E-state index < -0.39 is 24.0 Å². The van der Waals surface area contributed by atoms with Crippen molar-refractivity contribution < 1.29 is 23.8 Å². The highest BCUT2D eigenvalue weighted by Gasteiger charge is 2.30. The number of carboxylic acids is 1. The Morgan fingerprint density at radius 2 is 2.22 bits per heavy atom. The molecule has 1 aliphatic rings. The molecule has 0 saturated carbocycles. The zero-order chi connectivity index (χ0) is 13.1. The molecule has 1 atom stereocenters. The fraction of sp³-hybridized carbons (Fsp3) is 0.333. The van der Waals surface area contributed by atoms with Gasteiger partial charge in [-0.25, -0.2) is 9.18 Å². The van der Waals surface area contributed by atoms with E-state index in [4.69, 9.17) is 9.84 Å². The van der Waals surface area contributed by atoms with Crippen molar-refractivity contribution in [3.8, 4) is 0 Å². The topological polar surface area (TPSA) is 66.8 Å². The Hall–Kier alpha value is -2.11. The highest BCUT2D eigenvalue weighted by atomic mass is 19.1. The number of carbonyl (C=O) groups is 2. The molecule has 18 heavy (non-hydrogen) atoms. The first kappa shape index (κ1) is 12.3. The minimum absolute atomic E-state index is 0.149. The van der Waals surface area contributed by atoms with Gasteiger partial charge in [-0.3, -0.25) is 9.69 Å². The molecule has 1 amide bonds. The molecule has 96 valence electrons. The van der Waals surface area contributed by atoms with Gasteiger partial charge in [0.15, 0.2) is 0 Å². The molecule has 2 rings (SSSR count). The van der Waals surface area contributed by atoms with E-state index in [9.17, 15) is 14.0 Å². The van der Waals surface area contributed by atoms with E-state index in [1.54, 1.807) is 6.07 Å². The Balaban J connectivity index is 2.08. The molecular formula is C12H12FNO4. The standard InChI is InChI=1S/C12H12FNO4/c13-9-3-1-2-4-10(9)14-6-5-8(7-11(15)16)18-12(14)17/h1-4,8H,5-7H2,(H,15,16). The number of carbonyl (C=O) groups excluding carboxylic acids is 1. The van der Waals surface area contributed by atoms with Gasteiger partial charge < -0.3 is 9.84 Å². The predicted octanol–water partition coefficient (Wildman–Crippen LogP) is 2.02. The number of carboxylic acid groups (broad SMARTS) is 1. The average Bonchev–Trinajstić information content (AvgIpc) is 2.30. The van der Waals surface area contributed by atoms with Crippen LogP contribution in [0.4, 0.5) is 14.9 Å². The summed E-state index contributed by atoms with van der Waals surface area (Å²) in [6, 6.07) is 5.89. The van der Waals surface area contributed by atoms with Crippen molar-refractivity contribution in [2.24, 2.45) is 0 Å². The molecule has 0 aromatic heterocycles. The van der Waals surface area contributed by atoms with Gasteiger partial charge in [-0.15, -0.1) is 0 Å². The molecule has 1 heterocycles. The number of anilines is 1. The summed E-state index contributed by atoms with van der Waals surface area (Å²) < 4.78 is 18.5. The highest BCUT2D eigenvalue weighted by molar-refractivity contribution is 5.88. The van der Waals surface area contributed by atoms with Crippen molar-refractivity contribution in [1.82, 2.24) is 0 Å². The van der Waals surface area contributed by atoms with Crippen LogP contribution in [0.15, 0.2) is 24.3 Å². The van der Waals surface area contributed by atoms with Gasteiger partial charge in [0.25, 0.3) is 0 Å². The summed E-state index contributed by atoms with van der Waals surface area (Å²) in [7, 11) is 0. The first-order chi connectivity index (χ1) is 8.58. The normalized spacial score (nSPS) is 19.5. The van der Waals surface area contributed by atoms with Crippen LogP contribution in [0.25, 0.3) is 0 Å². The maximum Gasteiger partial charge on any atom is 0.414 e. The minimum atomic E-state index is -1.02. The molecule has 0 spiro atoms. The molecule has 1 aromatic rings. The third-order valence-electron chi connectivity index (χ3n) is 2.71. The fourth-order valence-corrected chi connectivity index (χ4v) is 1.86. The molecule has 6 heteroatoms. The maximum atomic E-state index is 13.5. The molecule has 1 aliphatic heterocycles. The molecular weight excluding hydrogens is 241 g/mol. The lowest BCUT2D eigenvalue weighted by Crippen LogP contribution is -2.43. The monoisotopic (exact) mass is 253 g/mol. The van der Waals surface area contributed by atoms with Crippen LogP contribution in [-0.2, 0) is 9.53 Å². The number of amides is 1. The lowest BCUT2D eigenvalue weighted by Gasteiger charge is -2.31. The second-order valence-electron chi connectivity index (χ2n) is 4.00. The summed E-state index contributed by atoms with van der Waals surface area (Å²) in [6.07, 6.45) is -1.21. The lowest BCUT2D eigenvalue weighted by atomic mass is 10.1. The van der Waals surface area contributed by atoms with E-state index in [1.807, 2.05) is 0 Å². The quantitative estimate of drug-likeness (QED) is 0.894. The summed E-state index contributed by atoms with van der Waals surface area (Å²) in [5, 5.41) is 8.61. The average molecular weight is 253 g/mol. The van der Waals surface area contributed by atoms with Crippen molar-refractivity contribution >= 4 is 17.7 Å². The Labute approximate surface area is 103 Å². The summed E-state index contributed by atoms with van der Waals surface area (Å²) in [5.41, 5.74) is 0.149. The van der Waals surface area contributed by atoms with E-state index in [1.165, 1.54) is 23.1 Å². The molecule has 1 aromatic carbocycles. The van der Waals surface area contributed by atoms with E-state index in [2.05, 4.69) is 0 Å². The summed E-state index contributed by atoms with van der Waals surface area (Å²) in [4.78, 5) is 23.4. The number of rotatable bonds is 3. The molecule has 0 aliphatic carbocycles. The third-order valence-corrected chi connectivity index (χ3v) is 2.71. The largest absolute Gasteiger partial charge is 0.481 e. The summed E-state index contributed by atoms with van der Waals surface area (Å²) >= 11 is 0. The van der Waals surface area contributed by atoms with Crippen LogP contribution in [0.2, 0.25) is 0 Å². The molecule has 5 nitrogen and oxygen atoms in total. The zero-order valence-electron chi connectivity index (χ0n) is 9.51. The first-order valence-electron chi connectivity index (χ1n) is 5.52. The lowest BCUT2D eigenvalue weighted by molar-refractivity contribution is -0.139. The van der Waals surface area contributed by atoms with Gasteiger partial charge >= 0.3 is 12.1 Å². The van der Waals surface area contributed by atoms with Crippen LogP contribution in [0, 0.1) is 5.82 Å². The number of para-hydroxylation sites is 1. The van der Waals surface area contributed by atoms with Gasteiger partial charge in [0.2, 0.25) is 0 Å². The van der Waals surface area contributed by atoms with Crippen LogP contribution < -0.4 is 4.90 Å². The number of hydrogen-bond acceptors (Lipinski definition) is 3. The number of halogens is 1. The zero-order valence-corrected chi connectivity index (χ0v) is 9.51. The van der Waals surface area contributed by atoms with Crippen molar-refractivity contribution in [3.05, 3.63) is 30.1 Å². The van der Waals surface area contributed by atoms with Crippen molar-refractivity contribution in [3.63, 3.8) is 0 Å². The van der Waals surface area contributed by atoms with Crippen LogP contribution in [0.5, 0.6) is 0 Å².